The summed E-state index contributed by atoms with van der Waals surface area (Å²) in [6, 6.07) is 0. The highest BCUT2D eigenvalue weighted by Gasteiger charge is 1.79. The molecule has 1 atom stereocenters. The van der Waals surface area contributed by atoms with E-state index >= 15 is 0 Å². The van der Waals surface area contributed by atoms with Gasteiger partial charge in [0, 0.05) is 6.54 Å². The summed E-state index contributed by atoms with van der Waals surface area (Å²) in [6.07, 6.45) is 1.24. The van der Waals surface area contributed by atoms with Gasteiger partial charge in [0.05, 0.1) is 0 Å². The van der Waals surface area contributed by atoms with Gasteiger partial charge in [-0.2, -0.15) is 0 Å². The lowest BCUT2D eigenvalue weighted by molar-refractivity contribution is 0.559. The van der Waals surface area contributed by atoms with Crippen molar-refractivity contribution in [1.29, 1.82) is 0 Å². The van der Waals surface area contributed by atoms with E-state index in [-0.39, 0.29) is 0 Å². The second-order valence-electron chi connectivity index (χ2n) is 1.48. The van der Waals surface area contributed by atoms with E-state index in [2.05, 4.69) is 21.0 Å². The van der Waals surface area contributed by atoms with Gasteiger partial charge < -0.3 is 0 Å². The molecule has 0 saturated heterocycles. The molecule has 0 aromatic rings. The highest BCUT2D eigenvalue weighted by atomic mass is 31.0. The Labute approximate surface area is 55.7 Å². The monoisotopic (exact) mass is 135 g/mol. The summed E-state index contributed by atoms with van der Waals surface area (Å²) in [5.74, 6) is 0. The summed E-state index contributed by atoms with van der Waals surface area (Å²) in [5, 5.41) is 0. The van der Waals surface area contributed by atoms with Crippen molar-refractivity contribution < 1.29 is 0 Å². The fraction of sp³-hybridized carbons (Fsp3) is 1.00. The van der Waals surface area contributed by atoms with E-state index in [0.29, 0.717) is 0 Å². The minimum atomic E-state index is 1.17. The lowest BCUT2D eigenvalue weighted by Gasteiger charge is -2.03. The zero-order valence-corrected chi connectivity index (χ0v) is 7.59. The van der Waals surface area contributed by atoms with E-state index in [0.717, 1.165) is 0 Å². The standard InChI is InChI=1S/C4H12NP.C2H6/c1-3-4-5(2)6;1-2/h3-4,6H2,1-2H3;1-2H3. The summed E-state index contributed by atoms with van der Waals surface area (Å²) in [4.78, 5) is 0. The molecule has 0 heterocycles. The summed E-state index contributed by atoms with van der Waals surface area (Å²) < 4.78 is 2.10. The van der Waals surface area contributed by atoms with Crippen molar-refractivity contribution in [2.75, 3.05) is 13.6 Å². The second-order valence-corrected chi connectivity index (χ2v) is 2.36. The number of hydrogen-bond acceptors (Lipinski definition) is 1. The molecule has 0 aliphatic rings. The third kappa shape index (κ3) is 16.2. The van der Waals surface area contributed by atoms with Crippen LogP contribution in [0, 0.1) is 0 Å². The van der Waals surface area contributed by atoms with E-state index in [9.17, 15) is 0 Å². The number of hydrogen-bond donors (Lipinski definition) is 0. The minimum absolute atomic E-state index is 1.17. The topological polar surface area (TPSA) is 3.24 Å². The quantitative estimate of drug-likeness (QED) is 0.524. The van der Waals surface area contributed by atoms with Crippen molar-refractivity contribution in [2.24, 2.45) is 0 Å². The Balaban J connectivity index is 0. The van der Waals surface area contributed by atoms with Crippen LogP contribution in [0.15, 0.2) is 0 Å². The molecule has 0 radical (unpaired) electrons. The molecule has 0 aliphatic carbocycles. The van der Waals surface area contributed by atoms with Gasteiger partial charge in [-0.05, 0) is 13.5 Å². The molecule has 0 bridgehead atoms. The van der Waals surface area contributed by atoms with Gasteiger partial charge in [-0.25, -0.2) is 0 Å². The first-order chi connectivity index (χ1) is 3.77. The van der Waals surface area contributed by atoms with Gasteiger partial charge in [0.2, 0.25) is 0 Å². The Kier molecular flexibility index (Phi) is 14.6. The van der Waals surface area contributed by atoms with Crippen LogP contribution in [0.4, 0.5) is 0 Å². The van der Waals surface area contributed by atoms with Crippen LogP contribution in [0.5, 0.6) is 0 Å². The summed E-state index contributed by atoms with van der Waals surface area (Å²) in [6.45, 7) is 7.34. The molecule has 0 spiro atoms. The SMILES string of the molecule is CC.CCCN(C)P. The van der Waals surface area contributed by atoms with Gasteiger partial charge in [0.15, 0.2) is 0 Å². The maximum absolute atomic E-state index is 2.61. The van der Waals surface area contributed by atoms with E-state index in [1.165, 1.54) is 13.0 Å². The normalized spacial score (nSPS) is 8.25. The van der Waals surface area contributed by atoms with E-state index in [1.807, 2.05) is 20.9 Å². The molecule has 0 fully saturated rings. The van der Waals surface area contributed by atoms with Gasteiger partial charge >= 0.3 is 0 Å². The maximum atomic E-state index is 2.61. The summed E-state index contributed by atoms with van der Waals surface area (Å²) in [7, 11) is 4.66. The molecule has 0 rings (SSSR count). The Hall–Kier alpha value is 0.390. The fourth-order valence-electron chi connectivity index (χ4n) is 0.353. The first kappa shape index (κ1) is 11.2. The zero-order valence-electron chi connectivity index (χ0n) is 6.44. The minimum Gasteiger partial charge on any atom is -0.290 e. The third-order valence-corrected chi connectivity index (χ3v) is 0.835. The average Bonchev–Trinajstić information content (AvgIpc) is 1.72. The highest BCUT2D eigenvalue weighted by Crippen LogP contribution is 1.91. The smallest absolute Gasteiger partial charge is 0.00105 e. The van der Waals surface area contributed by atoms with E-state index < -0.39 is 0 Å². The molecule has 0 saturated carbocycles. The van der Waals surface area contributed by atoms with E-state index in [1.54, 1.807) is 0 Å². The van der Waals surface area contributed by atoms with Crippen LogP contribution in [-0.4, -0.2) is 18.3 Å². The van der Waals surface area contributed by atoms with Crippen LogP contribution in [0.3, 0.4) is 0 Å². The number of nitrogens with zero attached hydrogens (tertiary/aromatic N) is 1. The maximum Gasteiger partial charge on any atom is 0.00105 e. The Morgan fingerprint density at radius 3 is 1.75 bits per heavy atom. The molecular weight excluding hydrogens is 117 g/mol. The van der Waals surface area contributed by atoms with Gasteiger partial charge in [-0.1, -0.05) is 30.2 Å². The Morgan fingerprint density at radius 1 is 1.38 bits per heavy atom. The van der Waals surface area contributed by atoms with Crippen LogP contribution < -0.4 is 0 Å². The average molecular weight is 135 g/mol. The van der Waals surface area contributed by atoms with Crippen molar-refractivity contribution >= 4 is 9.39 Å². The second kappa shape index (κ2) is 10.4. The molecule has 8 heavy (non-hydrogen) atoms. The molecule has 0 aliphatic heterocycles. The molecule has 0 aromatic carbocycles. The van der Waals surface area contributed by atoms with Crippen LogP contribution in [0.1, 0.15) is 27.2 Å². The Bertz CT molecular complexity index is 29.7. The highest BCUT2D eigenvalue weighted by molar-refractivity contribution is 7.13. The molecule has 0 amide bonds. The zero-order chi connectivity index (χ0) is 6.99. The van der Waals surface area contributed by atoms with Gasteiger partial charge in [-0.15, -0.1) is 0 Å². The van der Waals surface area contributed by atoms with Gasteiger partial charge in [-0.3, -0.25) is 4.67 Å². The number of rotatable bonds is 2. The lowest BCUT2D eigenvalue weighted by atomic mass is 10.5. The molecule has 0 N–H and O–H groups in total. The molecule has 1 nitrogen and oxygen atoms in total. The predicted molar refractivity (Wildman–Crippen MR) is 44.0 cm³/mol. The van der Waals surface area contributed by atoms with Gasteiger partial charge in [0.1, 0.15) is 0 Å². The largest absolute Gasteiger partial charge is 0.290 e. The van der Waals surface area contributed by atoms with Crippen molar-refractivity contribution in [3.63, 3.8) is 0 Å². The Morgan fingerprint density at radius 2 is 1.75 bits per heavy atom. The molecule has 1 unspecified atom stereocenters. The van der Waals surface area contributed by atoms with E-state index in [4.69, 9.17) is 0 Å². The first-order valence-electron chi connectivity index (χ1n) is 3.23. The first-order valence-corrected chi connectivity index (χ1v) is 3.75. The van der Waals surface area contributed by atoms with Crippen molar-refractivity contribution in [1.82, 2.24) is 4.67 Å². The lowest BCUT2D eigenvalue weighted by Crippen LogP contribution is -2.02. The predicted octanol–water partition coefficient (Wildman–Crippen LogP) is 2.14. The summed E-state index contributed by atoms with van der Waals surface area (Å²) >= 11 is 0. The van der Waals surface area contributed by atoms with Crippen LogP contribution in [0.2, 0.25) is 0 Å². The molecule has 0 aromatic heterocycles. The summed E-state index contributed by atoms with van der Waals surface area (Å²) in [5.41, 5.74) is 0. The fourth-order valence-corrected chi connectivity index (χ4v) is 0.611. The molecule has 52 valence electrons. The van der Waals surface area contributed by atoms with Crippen LogP contribution in [-0.2, 0) is 0 Å². The van der Waals surface area contributed by atoms with Crippen molar-refractivity contribution in [3.8, 4) is 0 Å². The molecular formula is C6H18NP. The third-order valence-electron chi connectivity index (χ3n) is 0.576. The van der Waals surface area contributed by atoms with Gasteiger partial charge in [0.25, 0.3) is 0 Å². The molecule has 2 heteroatoms. The van der Waals surface area contributed by atoms with Crippen LogP contribution >= 0.6 is 9.39 Å². The van der Waals surface area contributed by atoms with Crippen molar-refractivity contribution in [3.05, 3.63) is 0 Å². The van der Waals surface area contributed by atoms with Crippen molar-refractivity contribution in [2.45, 2.75) is 27.2 Å². The van der Waals surface area contributed by atoms with Crippen LogP contribution in [0.25, 0.3) is 0 Å².